The molecule has 1 heterocycles. The SMILES string of the molecule is CCCN(CC(=O)Nc1ccc(F)c(Cl)c1)C1CCN(C(=O)c2ccccc2)CC1. The van der Waals surface area contributed by atoms with Gasteiger partial charge in [0, 0.05) is 30.4 Å². The van der Waals surface area contributed by atoms with Crippen LogP contribution in [0.4, 0.5) is 10.1 Å². The number of hydrogen-bond acceptors (Lipinski definition) is 3. The summed E-state index contributed by atoms with van der Waals surface area (Å²) in [5.41, 5.74) is 1.19. The quantitative estimate of drug-likeness (QED) is 0.705. The molecule has 30 heavy (non-hydrogen) atoms. The lowest BCUT2D eigenvalue weighted by Gasteiger charge is -2.38. The Balaban J connectivity index is 1.55. The van der Waals surface area contributed by atoms with Crippen LogP contribution in [0.1, 0.15) is 36.5 Å². The molecule has 2 aromatic rings. The van der Waals surface area contributed by atoms with E-state index < -0.39 is 5.82 Å². The molecule has 0 bridgehead atoms. The van der Waals surface area contributed by atoms with E-state index in [1.165, 1.54) is 18.2 Å². The molecule has 2 aromatic carbocycles. The maximum Gasteiger partial charge on any atom is 0.253 e. The van der Waals surface area contributed by atoms with E-state index >= 15 is 0 Å². The van der Waals surface area contributed by atoms with Crippen LogP contribution in [-0.2, 0) is 4.79 Å². The largest absolute Gasteiger partial charge is 0.339 e. The third kappa shape index (κ3) is 5.80. The van der Waals surface area contributed by atoms with Crippen molar-refractivity contribution in [3.05, 3.63) is 64.9 Å². The summed E-state index contributed by atoms with van der Waals surface area (Å²) >= 11 is 5.79. The van der Waals surface area contributed by atoms with Crippen LogP contribution in [0, 0.1) is 5.82 Å². The summed E-state index contributed by atoms with van der Waals surface area (Å²) in [6, 6.07) is 13.7. The standard InChI is InChI=1S/C23H27ClFN3O2/c1-2-12-28(16-22(29)26-18-8-9-21(25)20(24)15-18)19-10-13-27(14-11-19)23(30)17-6-4-3-5-7-17/h3-9,15,19H,2,10-14,16H2,1H3,(H,26,29). The van der Waals surface area contributed by atoms with Crippen LogP contribution in [-0.4, -0.2) is 53.8 Å². The molecule has 0 radical (unpaired) electrons. The van der Waals surface area contributed by atoms with Crippen molar-refractivity contribution in [1.82, 2.24) is 9.80 Å². The lowest BCUT2D eigenvalue weighted by Crippen LogP contribution is -2.49. The van der Waals surface area contributed by atoms with E-state index in [4.69, 9.17) is 11.6 Å². The van der Waals surface area contributed by atoms with Gasteiger partial charge in [0.2, 0.25) is 5.91 Å². The maximum absolute atomic E-state index is 13.3. The Morgan fingerprint density at radius 1 is 1.17 bits per heavy atom. The van der Waals surface area contributed by atoms with E-state index in [-0.39, 0.29) is 29.4 Å². The number of rotatable bonds is 7. The minimum atomic E-state index is -0.515. The third-order valence-electron chi connectivity index (χ3n) is 5.35. The van der Waals surface area contributed by atoms with Gasteiger partial charge < -0.3 is 10.2 Å². The van der Waals surface area contributed by atoms with Gasteiger partial charge in [0.1, 0.15) is 5.82 Å². The molecule has 0 unspecified atom stereocenters. The molecular formula is C23H27ClFN3O2. The fourth-order valence-corrected chi connectivity index (χ4v) is 4.01. The molecule has 0 atom stereocenters. The first-order valence-corrected chi connectivity index (χ1v) is 10.7. The van der Waals surface area contributed by atoms with Crippen LogP contribution in [0.25, 0.3) is 0 Å². The normalized spacial score (nSPS) is 14.7. The number of carbonyl (C=O) groups is 2. The second-order valence-corrected chi connectivity index (χ2v) is 7.94. The molecule has 160 valence electrons. The average molecular weight is 432 g/mol. The fourth-order valence-electron chi connectivity index (χ4n) is 3.83. The predicted molar refractivity (Wildman–Crippen MR) is 117 cm³/mol. The molecule has 5 nitrogen and oxygen atoms in total. The Hall–Kier alpha value is -2.44. The number of anilines is 1. The van der Waals surface area contributed by atoms with Crippen LogP contribution in [0.5, 0.6) is 0 Å². The van der Waals surface area contributed by atoms with Gasteiger partial charge in [-0.3, -0.25) is 14.5 Å². The molecule has 0 saturated carbocycles. The predicted octanol–water partition coefficient (Wildman–Crippen LogP) is 4.43. The van der Waals surface area contributed by atoms with Crippen LogP contribution >= 0.6 is 11.6 Å². The molecule has 1 aliphatic rings. The molecule has 0 aliphatic carbocycles. The van der Waals surface area contributed by atoms with Crippen molar-refractivity contribution >= 4 is 29.1 Å². The van der Waals surface area contributed by atoms with E-state index in [1.807, 2.05) is 35.2 Å². The topological polar surface area (TPSA) is 52.7 Å². The molecule has 7 heteroatoms. The van der Waals surface area contributed by atoms with E-state index in [0.717, 1.165) is 25.8 Å². The number of hydrogen-bond donors (Lipinski definition) is 1. The van der Waals surface area contributed by atoms with E-state index in [9.17, 15) is 14.0 Å². The number of likely N-dealkylation sites (tertiary alicyclic amines) is 1. The van der Waals surface area contributed by atoms with E-state index in [2.05, 4.69) is 17.1 Å². The van der Waals surface area contributed by atoms with Gasteiger partial charge in [-0.1, -0.05) is 36.7 Å². The average Bonchev–Trinajstić information content (AvgIpc) is 2.76. The summed E-state index contributed by atoms with van der Waals surface area (Å²) in [6.07, 6.45) is 2.58. The number of benzene rings is 2. The summed E-state index contributed by atoms with van der Waals surface area (Å²) in [4.78, 5) is 29.2. The molecule has 3 rings (SSSR count). The highest BCUT2D eigenvalue weighted by molar-refractivity contribution is 6.31. The Labute approximate surface area is 181 Å². The summed E-state index contributed by atoms with van der Waals surface area (Å²) < 4.78 is 13.3. The highest BCUT2D eigenvalue weighted by Gasteiger charge is 2.28. The van der Waals surface area contributed by atoms with Gasteiger partial charge in [0.15, 0.2) is 0 Å². The van der Waals surface area contributed by atoms with Crippen molar-refractivity contribution in [2.45, 2.75) is 32.2 Å². The number of carbonyl (C=O) groups excluding carboxylic acids is 2. The molecule has 1 N–H and O–H groups in total. The highest BCUT2D eigenvalue weighted by Crippen LogP contribution is 2.21. The van der Waals surface area contributed by atoms with Crippen LogP contribution < -0.4 is 5.32 Å². The summed E-state index contributed by atoms with van der Waals surface area (Å²) in [7, 11) is 0. The number of nitrogens with zero attached hydrogens (tertiary/aromatic N) is 2. The Bertz CT molecular complexity index is 870. The van der Waals surface area contributed by atoms with Crippen LogP contribution in [0.3, 0.4) is 0 Å². The number of piperidine rings is 1. The van der Waals surface area contributed by atoms with Crippen molar-refractivity contribution in [3.63, 3.8) is 0 Å². The summed E-state index contributed by atoms with van der Waals surface area (Å²) in [6.45, 7) is 4.48. The second-order valence-electron chi connectivity index (χ2n) is 7.54. The fraction of sp³-hybridized carbons (Fsp3) is 0.391. The zero-order valence-corrected chi connectivity index (χ0v) is 17.9. The Morgan fingerprint density at radius 2 is 1.87 bits per heavy atom. The second kappa shape index (κ2) is 10.5. The van der Waals surface area contributed by atoms with Gasteiger partial charge >= 0.3 is 0 Å². The number of nitrogens with one attached hydrogen (secondary N) is 1. The molecule has 1 saturated heterocycles. The molecule has 0 aromatic heterocycles. The number of halogens is 2. The smallest absolute Gasteiger partial charge is 0.253 e. The van der Waals surface area contributed by atoms with E-state index in [1.54, 1.807) is 0 Å². The molecule has 1 aliphatic heterocycles. The highest BCUT2D eigenvalue weighted by atomic mass is 35.5. The van der Waals surface area contributed by atoms with Gasteiger partial charge in [-0.25, -0.2) is 4.39 Å². The van der Waals surface area contributed by atoms with Crippen molar-refractivity contribution in [3.8, 4) is 0 Å². The van der Waals surface area contributed by atoms with Crippen molar-refractivity contribution in [1.29, 1.82) is 0 Å². The van der Waals surface area contributed by atoms with Crippen molar-refractivity contribution < 1.29 is 14.0 Å². The van der Waals surface area contributed by atoms with Crippen LogP contribution in [0.2, 0.25) is 5.02 Å². The maximum atomic E-state index is 13.3. The zero-order valence-electron chi connectivity index (χ0n) is 17.1. The van der Waals surface area contributed by atoms with Crippen molar-refractivity contribution in [2.75, 3.05) is 31.5 Å². The number of amides is 2. The lowest BCUT2D eigenvalue weighted by molar-refractivity contribution is -0.118. The van der Waals surface area contributed by atoms with Gasteiger partial charge in [0.25, 0.3) is 5.91 Å². The Kier molecular flexibility index (Phi) is 7.82. The van der Waals surface area contributed by atoms with Gasteiger partial charge in [0.05, 0.1) is 11.6 Å². The molecule has 1 fully saturated rings. The lowest BCUT2D eigenvalue weighted by atomic mass is 10.0. The summed E-state index contributed by atoms with van der Waals surface area (Å²) in [5.74, 6) is -0.616. The zero-order chi connectivity index (χ0) is 21.5. The monoisotopic (exact) mass is 431 g/mol. The Morgan fingerprint density at radius 3 is 2.50 bits per heavy atom. The first-order valence-electron chi connectivity index (χ1n) is 10.3. The van der Waals surface area contributed by atoms with E-state index in [0.29, 0.717) is 24.3 Å². The van der Waals surface area contributed by atoms with Crippen molar-refractivity contribution in [2.24, 2.45) is 0 Å². The summed E-state index contributed by atoms with van der Waals surface area (Å²) in [5, 5.41) is 2.77. The van der Waals surface area contributed by atoms with Gasteiger partial charge in [-0.05, 0) is 56.1 Å². The van der Waals surface area contributed by atoms with Gasteiger partial charge in [-0.15, -0.1) is 0 Å². The van der Waals surface area contributed by atoms with Gasteiger partial charge in [-0.2, -0.15) is 0 Å². The minimum absolute atomic E-state index is 0.0198. The van der Waals surface area contributed by atoms with Crippen LogP contribution in [0.15, 0.2) is 48.5 Å². The first-order chi connectivity index (χ1) is 14.5. The minimum Gasteiger partial charge on any atom is -0.339 e. The molecular weight excluding hydrogens is 405 g/mol. The first kappa shape index (κ1) is 22.2. The third-order valence-corrected chi connectivity index (χ3v) is 5.64. The molecule has 2 amide bonds. The molecule has 0 spiro atoms.